The number of benzene rings is 1. The van der Waals surface area contributed by atoms with Crippen molar-refractivity contribution in [2.75, 3.05) is 12.4 Å². The normalized spacial score (nSPS) is 10.3. The summed E-state index contributed by atoms with van der Waals surface area (Å²) in [6.07, 6.45) is 3.49. The Morgan fingerprint density at radius 1 is 1.26 bits per heavy atom. The van der Waals surface area contributed by atoms with Gasteiger partial charge in [-0.2, -0.15) is 0 Å². The van der Waals surface area contributed by atoms with Gasteiger partial charge in [0, 0.05) is 23.0 Å². The molecule has 0 unspecified atom stereocenters. The number of hydrogen-bond acceptors (Lipinski definition) is 7. The number of ether oxygens (including phenoxy) is 1. The van der Waals surface area contributed by atoms with Gasteiger partial charge in [0.2, 0.25) is 5.95 Å². The van der Waals surface area contributed by atoms with Crippen molar-refractivity contribution in [3.05, 3.63) is 53.2 Å². The molecule has 0 radical (unpaired) electrons. The highest BCUT2D eigenvalue weighted by Gasteiger charge is 2.08. The van der Waals surface area contributed by atoms with E-state index in [2.05, 4.69) is 20.3 Å². The summed E-state index contributed by atoms with van der Waals surface area (Å²) in [5.74, 6) is 0.0546. The molecule has 0 atom stereocenters. The van der Waals surface area contributed by atoms with Gasteiger partial charge in [0.05, 0.1) is 12.7 Å². The molecule has 7 heteroatoms. The van der Waals surface area contributed by atoms with Gasteiger partial charge < -0.3 is 10.1 Å². The minimum atomic E-state index is -0.387. The maximum atomic E-state index is 11.6. The summed E-state index contributed by atoms with van der Waals surface area (Å²) in [4.78, 5) is 25.7. The van der Waals surface area contributed by atoms with E-state index >= 15 is 0 Å². The molecule has 3 aromatic rings. The number of rotatable bonds is 4. The van der Waals surface area contributed by atoms with Crippen LogP contribution < -0.4 is 5.32 Å². The first-order valence-corrected chi connectivity index (χ1v) is 7.68. The van der Waals surface area contributed by atoms with Gasteiger partial charge in [0.1, 0.15) is 10.7 Å². The minimum absolute atomic E-state index is 0.387. The second-order valence-electron chi connectivity index (χ2n) is 4.74. The van der Waals surface area contributed by atoms with Crippen molar-refractivity contribution in [3.8, 4) is 10.7 Å². The second kappa shape index (κ2) is 6.53. The fourth-order valence-electron chi connectivity index (χ4n) is 1.98. The van der Waals surface area contributed by atoms with E-state index in [0.29, 0.717) is 17.2 Å². The average molecular weight is 326 g/mol. The number of nitrogens with one attached hydrogen (secondary N) is 1. The van der Waals surface area contributed by atoms with Crippen LogP contribution in [0.1, 0.15) is 15.2 Å². The van der Waals surface area contributed by atoms with Crippen LogP contribution in [0.25, 0.3) is 10.7 Å². The lowest BCUT2D eigenvalue weighted by Crippen LogP contribution is -2.03. The molecule has 0 spiro atoms. The molecule has 0 saturated heterocycles. The van der Waals surface area contributed by atoms with Gasteiger partial charge in [0.25, 0.3) is 0 Å². The molecule has 23 heavy (non-hydrogen) atoms. The number of aryl methyl sites for hydroxylation is 1. The molecule has 0 fully saturated rings. The summed E-state index contributed by atoms with van der Waals surface area (Å²) in [5.41, 5.74) is 1.93. The minimum Gasteiger partial charge on any atom is -0.465 e. The van der Waals surface area contributed by atoms with Gasteiger partial charge in [0.15, 0.2) is 0 Å². The van der Waals surface area contributed by atoms with Gasteiger partial charge >= 0.3 is 5.97 Å². The van der Waals surface area contributed by atoms with Crippen LogP contribution in [0.4, 0.5) is 11.6 Å². The van der Waals surface area contributed by atoms with E-state index in [4.69, 9.17) is 4.74 Å². The van der Waals surface area contributed by atoms with Gasteiger partial charge in [-0.05, 0) is 31.2 Å². The lowest BCUT2D eigenvalue weighted by molar-refractivity contribution is 0.0601. The highest BCUT2D eigenvalue weighted by molar-refractivity contribution is 7.14. The first-order chi connectivity index (χ1) is 11.2. The molecule has 0 aliphatic rings. The molecule has 0 saturated carbocycles. The highest BCUT2D eigenvalue weighted by Crippen LogP contribution is 2.24. The van der Waals surface area contributed by atoms with Gasteiger partial charge in [-0.25, -0.2) is 19.7 Å². The number of esters is 1. The standard InChI is InChI=1S/C16H14N4O2S/c1-10-9-18-14(23-10)13-6-7-17-16(20-13)19-12-5-3-4-11(8-12)15(21)22-2/h3-9H,1-2H3,(H,17,19,20). The molecular weight excluding hydrogens is 312 g/mol. The van der Waals surface area contributed by atoms with E-state index in [1.807, 2.05) is 25.3 Å². The van der Waals surface area contributed by atoms with Crippen LogP contribution in [0.3, 0.4) is 0 Å². The van der Waals surface area contributed by atoms with Gasteiger partial charge in [-0.3, -0.25) is 0 Å². The van der Waals surface area contributed by atoms with Crippen LogP contribution in [0.15, 0.2) is 42.7 Å². The monoisotopic (exact) mass is 326 g/mol. The summed E-state index contributed by atoms with van der Waals surface area (Å²) in [6.45, 7) is 2.00. The van der Waals surface area contributed by atoms with Crippen LogP contribution in [0, 0.1) is 6.92 Å². The molecule has 116 valence electrons. The third kappa shape index (κ3) is 3.51. The fourth-order valence-corrected chi connectivity index (χ4v) is 2.72. The van der Waals surface area contributed by atoms with Crippen molar-refractivity contribution in [1.82, 2.24) is 15.0 Å². The maximum absolute atomic E-state index is 11.6. The Balaban J connectivity index is 1.85. The average Bonchev–Trinajstić information content (AvgIpc) is 3.01. The zero-order valence-electron chi connectivity index (χ0n) is 12.6. The molecule has 2 aromatic heterocycles. The van der Waals surface area contributed by atoms with E-state index in [9.17, 15) is 4.79 Å². The molecule has 0 aliphatic carbocycles. The SMILES string of the molecule is COC(=O)c1cccc(Nc2nccc(-c3ncc(C)s3)n2)c1. The second-order valence-corrected chi connectivity index (χ2v) is 5.97. The quantitative estimate of drug-likeness (QED) is 0.740. The van der Waals surface area contributed by atoms with E-state index in [0.717, 1.165) is 15.6 Å². The first kappa shape index (κ1) is 15.1. The summed E-state index contributed by atoms with van der Waals surface area (Å²) in [7, 11) is 1.35. The summed E-state index contributed by atoms with van der Waals surface area (Å²) in [6, 6.07) is 8.79. The summed E-state index contributed by atoms with van der Waals surface area (Å²) in [5, 5.41) is 3.93. The topological polar surface area (TPSA) is 77.0 Å². The Bertz CT molecular complexity index is 847. The lowest BCUT2D eigenvalue weighted by Gasteiger charge is -2.07. The Labute approximate surface area is 137 Å². The van der Waals surface area contributed by atoms with Crippen molar-refractivity contribution in [2.24, 2.45) is 0 Å². The molecular formula is C16H14N4O2S. The zero-order chi connectivity index (χ0) is 16.2. The van der Waals surface area contributed by atoms with Crippen molar-refractivity contribution in [2.45, 2.75) is 6.92 Å². The van der Waals surface area contributed by atoms with Crippen LogP contribution in [0.5, 0.6) is 0 Å². The largest absolute Gasteiger partial charge is 0.465 e. The third-order valence-corrected chi connectivity index (χ3v) is 3.97. The lowest BCUT2D eigenvalue weighted by atomic mass is 10.2. The molecule has 1 N–H and O–H groups in total. The van der Waals surface area contributed by atoms with Gasteiger partial charge in [-0.15, -0.1) is 11.3 Å². The molecule has 0 aliphatic heterocycles. The number of nitrogens with zero attached hydrogens (tertiary/aromatic N) is 3. The predicted molar refractivity (Wildman–Crippen MR) is 88.9 cm³/mol. The Morgan fingerprint density at radius 3 is 2.87 bits per heavy atom. The Morgan fingerprint density at radius 2 is 2.13 bits per heavy atom. The first-order valence-electron chi connectivity index (χ1n) is 6.87. The zero-order valence-corrected chi connectivity index (χ0v) is 13.4. The van der Waals surface area contributed by atoms with E-state index < -0.39 is 0 Å². The number of methoxy groups -OCH3 is 1. The number of carbonyl (C=O) groups is 1. The fraction of sp³-hybridized carbons (Fsp3) is 0.125. The third-order valence-electron chi connectivity index (χ3n) is 3.04. The van der Waals surface area contributed by atoms with Crippen LogP contribution >= 0.6 is 11.3 Å². The summed E-state index contributed by atoms with van der Waals surface area (Å²) >= 11 is 1.57. The van der Waals surface area contributed by atoms with Crippen molar-refractivity contribution >= 4 is 28.9 Å². The number of aromatic nitrogens is 3. The number of hydrogen-bond donors (Lipinski definition) is 1. The van der Waals surface area contributed by atoms with Gasteiger partial charge in [-0.1, -0.05) is 6.07 Å². The number of carbonyl (C=O) groups excluding carboxylic acids is 1. The van der Waals surface area contributed by atoms with Crippen LogP contribution in [-0.2, 0) is 4.74 Å². The Hall–Kier alpha value is -2.80. The van der Waals surface area contributed by atoms with Crippen LogP contribution in [-0.4, -0.2) is 28.0 Å². The molecule has 6 nitrogen and oxygen atoms in total. The maximum Gasteiger partial charge on any atom is 0.337 e. The summed E-state index contributed by atoms with van der Waals surface area (Å²) < 4.78 is 4.72. The van der Waals surface area contributed by atoms with E-state index in [1.54, 1.807) is 35.7 Å². The predicted octanol–water partition coefficient (Wildman–Crippen LogP) is 3.44. The van der Waals surface area contributed by atoms with Crippen molar-refractivity contribution in [3.63, 3.8) is 0 Å². The Kier molecular flexibility index (Phi) is 4.29. The highest BCUT2D eigenvalue weighted by atomic mass is 32.1. The van der Waals surface area contributed by atoms with E-state index in [-0.39, 0.29) is 5.97 Å². The van der Waals surface area contributed by atoms with Crippen molar-refractivity contribution in [1.29, 1.82) is 0 Å². The molecule has 0 bridgehead atoms. The molecule has 2 heterocycles. The molecule has 0 amide bonds. The molecule has 1 aromatic carbocycles. The molecule has 3 rings (SSSR count). The van der Waals surface area contributed by atoms with Crippen molar-refractivity contribution < 1.29 is 9.53 Å². The number of thiazole rings is 1. The smallest absolute Gasteiger partial charge is 0.337 e. The number of anilines is 2. The van der Waals surface area contributed by atoms with Crippen LogP contribution in [0.2, 0.25) is 0 Å². The van der Waals surface area contributed by atoms with E-state index in [1.165, 1.54) is 7.11 Å².